The van der Waals surface area contributed by atoms with Crippen LogP contribution in [0.2, 0.25) is 0 Å². The summed E-state index contributed by atoms with van der Waals surface area (Å²) in [6.45, 7) is 8.70. The van der Waals surface area contributed by atoms with Gasteiger partial charge in [0.05, 0.1) is 0 Å². The summed E-state index contributed by atoms with van der Waals surface area (Å²) in [5.74, 6) is 0.814. The van der Waals surface area contributed by atoms with Crippen LogP contribution in [0.15, 0.2) is 54.7 Å². The molecule has 7 nitrogen and oxygen atoms in total. The predicted molar refractivity (Wildman–Crippen MR) is 132 cm³/mol. The molecule has 178 valence electrons. The van der Waals surface area contributed by atoms with E-state index in [0.717, 1.165) is 54.7 Å². The van der Waals surface area contributed by atoms with E-state index in [1.54, 1.807) is 0 Å². The van der Waals surface area contributed by atoms with E-state index in [4.69, 9.17) is 9.57 Å². The third kappa shape index (κ3) is 8.79. The van der Waals surface area contributed by atoms with Crippen LogP contribution in [0.5, 0.6) is 5.75 Å². The first-order valence-electron chi connectivity index (χ1n) is 11.5. The summed E-state index contributed by atoms with van der Waals surface area (Å²) < 4.78 is 5.26. The maximum absolute atomic E-state index is 11.8. The van der Waals surface area contributed by atoms with Crippen molar-refractivity contribution < 1.29 is 14.4 Å². The molecule has 1 aromatic heterocycles. The normalized spacial score (nSPS) is 11.7. The summed E-state index contributed by atoms with van der Waals surface area (Å²) in [6.07, 6.45) is 3.63. The molecule has 0 saturated carbocycles. The molecule has 0 unspecified atom stereocenters. The number of benzene rings is 2. The van der Waals surface area contributed by atoms with Crippen molar-refractivity contribution in [3.8, 4) is 5.75 Å². The Morgan fingerprint density at radius 1 is 1.03 bits per heavy atom. The van der Waals surface area contributed by atoms with Gasteiger partial charge in [-0.05, 0) is 82.6 Å². The smallest absolute Gasteiger partial charge is 0.407 e. The van der Waals surface area contributed by atoms with E-state index in [9.17, 15) is 4.79 Å². The first-order chi connectivity index (χ1) is 15.8. The lowest BCUT2D eigenvalue weighted by molar-refractivity contribution is 0.0523. The summed E-state index contributed by atoms with van der Waals surface area (Å²) in [6, 6.07) is 16.4. The van der Waals surface area contributed by atoms with E-state index in [1.807, 2.05) is 51.2 Å². The minimum Gasteiger partial charge on any atom is -0.444 e. The largest absolute Gasteiger partial charge is 0.444 e. The summed E-state index contributed by atoms with van der Waals surface area (Å²) in [7, 11) is 2.12. The standard InChI is InChI=1S/C26H36N4O3/c1-26(2,3)32-25(31)28-19-21-9-7-20(8-10-21)6-5-16-30(4)17-15-29-33-23-11-12-24-22(18-23)13-14-27-24/h7-14,18,27,29H,5-6,15-17,19H2,1-4H3,(H,28,31). The van der Waals surface area contributed by atoms with Gasteiger partial charge in [0.25, 0.3) is 0 Å². The Morgan fingerprint density at radius 3 is 2.55 bits per heavy atom. The van der Waals surface area contributed by atoms with Gasteiger partial charge in [0.15, 0.2) is 0 Å². The highest BCUT2D eigenvalue weighted by atomic mass is 16.6. The molecule has 1 heterocycles. The van der Waals surface area contributed by atoms with Gasteiger partial charge in [-0.25, -0.2) is 4.79 Å². The minimum atomic E-state index is -0.484. The second kappa shape index (κ2) is 11.7. The molecule has 0 aliphatic carbocycles. The molecule has 7 heteroatoms. The molecule has 2 aromatic carbocycles. The van der Waals surface area contributed by atoms with Crippen molar-refractivity contribution in [3.63, 3.8) is 0 Å². The van der Waals surface area contributed by atoms with Crippen LogP contribution in [-0.2, 0) is 17.7 Å². The third-order valence-electron chi connectivity index (χ3n) is 5.17. The zero-order chi connectivity index (χ0) is 23.7. The predicted octanol–water partition coefficient (Wildman–Crippen LogP) is 4.64. The zero-order valence-corrected chi connectivity index (χ0v) is 20.1. The molecule has 0 radical (unpaired) electrons. The van der Waals surface area contributed by atoms with Crippen molar-refractivity contribution in [2.45, 2.75) is 45.8 Å². The lowest BCUT2D eigenvalue weighted by atomic mass is 10.1. The SMILES string of the molecule is CN(CCCc1ccc(CNC(=O)OC(C)(C)C)cc1)CCNOc1ccc2[nH]ccc2c1. The van der Waals surface area contributed by atoms with Gasteiger partial charge in [0.1, 0.15) is 11.4 Å². The van der Waals surface area contributed by atoms with Crippen molar-refractivity contribution in [1.82, 2.24) is 20.7 Å². The number of nitrogens with zero attached hydrogens (tertiary/aromatic N) is 1. The summed E-state index contributed by atoms with van der Waals surface area (Å²) in [5, 5.41) is 3.93. The number of rotatable bonds is 11. The fraction of sp³-hybridized carbons (Fsp3) is 0.423. The molecule has 0 aliphatic heterocycles. The molecule has 33 heavy (non-hydrogen) atoms. The van der Waals surface area contributed by atoms with E-state index in [2.05, 4.69) is 52.0 Å². The van der Waals surface area contributed by atoms with Gasteiger partial charge < -0.3 is 24.8 Å². The van der Waals surface area contributed by atoms with Crippen LogP contribution >= 0.6 is 0 Å². The number of amides is 1. The van der Waals surface area contributed by atoms with Crippen molar-refractivity contribution in [2.75, 3.05) is 26.7 Å². The van der Waals surface area contributed by atoms with Crippen LogP contribution < -0.4 is 15.6 Å². The Labute approximate surface area is 196 Å². The van der Waals surface area contributed by atoms with E-state index in [-0.39, 0.29) is 0 Å². The molecular weight excluding hydrogens is 416 g/mol. The van der Waals surface area contributed by atoms with Crippen LogP contribution in [0.3, 0.4) is 0 Å². The highest BCUT2D eigenvalue weighted by Gasteiger charge is 2.15. The number of H-pyrrole nitrogens is 1. The Morgan fingerprint density at radius 2 is 1.79 bits per heavy atom. The topological polar surface area (TPSA) is 78.6 Å². The lowest BCUT2D eigenvalue weighted by Gasteiger charge is -2.19. The molecule has 3 rings (SSSR count). The second-order valence-electron chi connectivity index (χ2n) is 9.30. The van der Waals surface area contributed by atoms with Gasteiger partial charge in [-0.15, -0.1) is 0 Å². The minimum absolute atomic E-state index is 0.392. The van der Waals surface area contributed by atoms with Gasteiger partial charge in [-0.3, -0.25) is 0 Å². The Bertz CT molecular complexity index is 1010. The number of hydrogen-bond acceptors (Lipinski definition) is 5. The number of nitrogens with one attached hydrogen (secondary N) is 3. The van der Waals surface area contributed by atoms with Gasteiger partial charge in [-0.2, -0.15) is 5.48 Å². The van der Waals surface area contributed by atoms with Crippen molar-refractivity contribution in [3.05, 3.63) is 65.9 Å². The van der Waals surface area contributed by atoms with E-state index < -0.39 is 11.7 Å². The fourth-order valence-electron chi connectivity index (χ4n) is 3.44. The number of alkyl carbamates (subject to hydrolysis) is 1. The van der Waals surface area contributed by atoms with Crippen molar-refractivity contribution in [2.24, 2.45) is 0 Å². The monoisotopic (exact) mass is 452 g/mol. The quantitative estimate of drug-likeness (QED) is 0.292. The number of aromatic nitrogens is 1. The van der Waals surface area contributed by atoms with E-state index in [1.165, 1.54) is 5.56 Å². The second-order valence-corrected chi connectivity index (χ2v) is 9.30. The maximum Gasteiger partial charge on any atom is 0.407 e. The van der Waals surface area contributed by atoms with E-state index in [0.29, 0.717) is 6.54 Å². The number of aromatic amines is 1. The number of carbonyl (C=O) groups is 1. The van der Waals surface area contributed by atoms with Crippen molar-refractivity contribution in [1.29, 1.82) is 0 Å². The molecule has 0 aliphatic rings. The highest BCUT2D eigenvalue weighted by Crippen LogP contribution is 2.18. The van der Waals surface area contributed by atoms with Gasteiger partial charge in [-0.1, -0.05) is 24.3 Å². The van der Waals surface area contributed by atoms with Crippen LogP contribution in [0.4, 0.5) is 4.79 Å². The van der Waals surface area contributed by atoms with Crippen LogP contribution in [0.1, 0.15) is 38.3 Å². The Balaban J connectivity index is 1.27. The number of likely N-dealkylation sites (N-methyl/N-ethyl adjacent to an activating group) is 1. The first-order valence-corrected chi connectivity index (χ1v) is 11.5. The summed E-state index contributed by atoms with van der Waals surface area (Å²) in [5.41, 5.74) is 6.02. The molecule has 0 saturated heterocycles. The van der Waals surface area contributed by atoms with Gasteiger partial charge in [0.2, 0.25) is 0 Å². The molecule has 3 aromatic rings. The van der Waals surface area contributed by atoms with Crippen molar-refractivity contribution >= 4 is 17.0 Å². The fourth-order valence-corrected chi connectivity index (χ4v) is 3.44. The zero-order valence-electron chi connectivity index (χ0n) is 20.1. The van der Waals surface area contributed by atoms with Crippen LogP contribution in [-0.4, -0.2) is 48.3 Å². The average molecular weight is 453 g/mol. The Hall–Kier alpha value is -3.03. The summed E-state index contributed by atoms with van der Waals surface area (Å²) >= 11 is 0. The van der Waals surface area contributed by atoms with Gasteiger partial charge in [0, 0.05) is 36.7 Å². The highest BCUT2D eigenvalue weighted by molar-refractivity contribution is 5.80. The molecular formula is C26H36N4O3. The Kier molecular flexibility index (Phi) is 8.74. The molecule has 3 N–H and O–H groups in total. The molecule has 0 fully saturated rings. The number of fused-ring (bicyclic) bond motifs is 1. The van der Waals surface area contributed by atoms with Crippen LogP contribution in [0, 0.1) is 0 Å². The number of hydrogen-bond donors (Lipinski definition) is 3. The number of carbonyl (C=O) groups excluding carboxylic acids is 1. The third-order valence-corrected chi connectivity index (χ3v) is 5.17. The summed E-state index contributed by atoms with van der Waals surface area (Å²) in [4.78, 5) is 22.9. The number of hydroxylamine groups is 1. The maximum atomic E-state index is 11.8. The van der Waals surface area contributed by atoms with Crippen LogP contribution in [0.25, 0.3) is 10.9 Å². The molecule has 0 atom stereocenters. The average Bonchev–Trinajstić information content (AvgIpc) is 3.23. The lowest BCUT2D eigenvalue weighted by Crippen LogP contribution is -2.32. The van der Waals surface area contributed by atoms with E-state index >= 15 is 0 Å². The molecule has 0 spiro atoms. The molecule has 1 amide bonds. The molecule has 0 bridgehead atoms. The van der Waals surface area contributed by atoms with Gasteiger partial charge >= 0.3 is 6.09 Å². The number of aryl methyl sites for hydroxylation is 1. The first kappa shape index (κ1) is 24.6. The number of ether oxygens (including phenoxy) is 1.